The summed E-state index contributed by atoms with van der Waals surface area (Å²) in [6.07, 6.45) is 0. The second kappa shape index (κ2) is 7.49. The van der Waals surface area contributed by atoms with E-state index in [0.29, 0.717) is 11.3 Å². The number of anilines is 1. The number of nitrogens with one attached hydrogen (secondary N) is 1. The minimum absolute atomic E-state index is 0.0376. The number of benzene rings is 3. The number of hydrogen-bond donors (Lipinski definition) is 2. The molecule has 4 nitrogen and oxygen atoms in total. The van der Waals surface area contributed by atoms with Gasteiger partial charge < -0.3 is 10.4 Å². The Morgan fingerprint density at radius 3 is 2.04 bits per heavy atom. The molecule has 6 heteroatoms. The highest BCUT2D eigenvalue weighted by Gasteiger charge is 2.14. The van der Waals surface area contributed by atoms with E-state index < -0.39 is 5.91 Å². The lowest BCUT2D eigenvalue weighted by molar-refractivity contribution is 0.102. The highest BCUT2D eigenvalue weighted by atomic mass is 35.5. The molecule has 128 valence electrons. The smallest absolute Gasteiger partial charge is 0.259 e. The molecule has 0 saturated carbocycles. The van der Waals surface area contributed by atoms with Gasteiger partial charge in [-0.25, -0.2) is 0 Å². The molecule has 0 spiro atoms. The topological polar surface area (TPSA) is 73.1 Å². The van der Waals surface area contributed by atoms with E-state index in [9.17, 15) is 9.90 Å². The van der Waals surface area contributed by atoms with Gasteiger partial charge in [-0.3, -0.25) is 4.79 Å². The van der Waals surface area contributed by atoms with Crippen molar-refractivity contribution in [3.8, 4) is 22.9 Å². The van der Waals surface area contributed by atoms with Gasteiger partial charge in [0.2, 0.25) is 0 Å². The van der Waals surface area contributed by atoms with Crippen LogP contribution in [-0.4, -0.2) is 11.0 Å². The maximum absolute atomic E-state index is 12.3. The molecule has 0 radical (unpaired) electrons. The van der Waals surface area contributed by atoms with Gasteiger partial charge in [0.15, 0.2) is 0 Å². The first-order valence-corrected chi connectivity index (χ1v) is 8.33. The standard InChI is InChI=1S/C20H12Cl2N2O2/c21-17-9-16(19(25)10-18(17)22)20(26)24-15-7-5-14(6-8-15)13-3-1-12(11-23)2-4-13/h1-10,25H,(H,24,26). The highest BCUT2D eigenvalue weighted by Crippen LogP contribution is 2.30. The summed E-state index contributed by atoms with van der Waals surface area (Å²) >= 11 is 11.7. The molecule has 0 bridgehead atoms. The van der Waals surface area contributed by atoms with E-state index >= 15 is 0 Å². The van der Waals surface area contributed by atoms with Crippen LogP contribution >= 0.6 is 23.2 Å². The molecule has 0 aromatic heterocycles. The summed E-state index contributed by atoms with van der Waals surface area (Å²) < 4.78 is 0. The van der Waals surface area contributed by atoms with E-state index in [1.54, 1.807) is 24.3 Å². The molecule has 3 aromatic carbocycles. The van der Waals surface area contributed by atoms with Crippen molar-refractivity contribution in [2.75, 3.05) is 5.32 Å². The van der Waals surface area contributed by atoms with E-state index in [-0.39, 0.29) is 21.4 Å². The molecule has 0 saturated heterocycles. The number of carbonyl (C=O) groups excluding carboxylic acids is 1. The lowest BCUT2D eigenvalue weighted by Crippen LogP contribution is -2.12. The van der Waals surface area contributed by atoms with Crippen LogP contribution in [0.15, 0.2) is 60.7 Å². The first kappa shape index (κ1) is 17.8. The van der Waals surface area contributed by atoms with Gasteiger partial charge >= 0.3 is 0 Å². The van der Waals surface area contributed by atoms with Gasteiger partial charge in [0.1, 0.15) is 5.75 Å². The van der Waals surface area contributed by atoms with Crippen LogP contribution < -0.4 is 5.32 Å². The Labute approximate surface area is 160 Å². The molecule has 1 amide bonds. The number of phenolic OH excluding ortho intramolecular Hbond substituents is 1. The summed E-state index contributed by atoms with van der Waals surface area (Å²) in [7, 11) is 0. The minimum atomic E-state index is -0.493. The minimum Gasteiger partial charge on any atom is -0.507 e. The van der Waals surface area contributed by atoms with Crippen LogP contribution in [0, 0.1) is 11.3 Å². The second-order valence-corrected chi connectivity index (χ2v) is 6.32. The van der Waals surface area contributed by atoms with Gasteiger partial charge in [-0.15, -0.1) is 0 Å². The van der Waals surface area contributed by atoms with Crippen molar-refractivity contribution in [2.24, 2.45) is 0 Å². The molecule has 2 N–H and O–H groups in total. The molecular formula is C20H12Cl2N2O2. The van der Waals surface area contributed by atoms with Crippen LogP contribution in [0.3, 0.4) is 0 Å². The average Bonchev–Trinajstić information content (AvgIpc) is 2.65. The van der Waals surface area contributed by atoms with Crippen molar-refractivity contribution < 1.29 is 9.90 Å². The van der Waals surface area contributed by atoms with Gasteiger partial charge in [-0.05, 0) is 41.5 Å². The summed E-state index contributed by atoms with van der Waals surface area (Å²) in [6, 6.07) is 19.1. The fourth-order valence-electron chi connectivity index (χ4n) is 2.40. The Morgan fingerprint density at radius 1 is 0.923 bits per heavy atom. The Morgan fingerprint density at radius 2 is 1.46 bits per heavy atom. The molecule has 3 aromatic rings. The number of amides is 1. The van der Waals surface area contributed by atoms with Crippen LogP contribution in [0.4, 0.5) is 5.69 Å². The Bertz CT molecular complexity index is 1010. The monoisotopic (exact) mass is 382 g/mol. The third kappa shape index (κ3) is 3.80. The lowest BCUT2D eigenvalue weighted by Gasteiger charge is -2.09. The van der Waals surface area contributed by atoms with E-state index in [4.69, 9.17) is 28.5 Å². The van der Waals surface area contributed by atoms with Crippen LogP contribution in [0.5, 0.6) is 5.75 Å². The predicted octanol–water partition coefficient (Wildman–Crippen LogP) is 5.49. The lowest BCUT2D eigenvalue weighted by atomic mass is 10.0. The summed E-state index contributed by atoms with van der Waals surface area (Å²) in [5.41, 5.74) is 3.11. The number of phenols is 1. The summed E-state index contributed by atoms with van der Waals surface area (Å²) in [4.78, 5) is 12.3. The van der Waals surface area contributed by atoms with Crippen molar-refractivity contribution >= 4 is 34.8 Å². The maximum atomic E-state index is 12.3. The number of halogens is 2. The summed E-state index contributed by atoms with van der Waals surface area (Å²) in [5, 5.41) is 21.8. The van der Waals surface area contributed by atoms with Crippen LogP contribution in [-0.2, 0) is 0 Å². The van der Waals surface area contributed by atoms with Crippen molar-refractivity contribution in [1.82, 2.24) is 0 Å². The first-order chi connectivity index (χ1) is 12.5. The molecule has 26 heavy (non-hydrogen) atoms. The Balaban J connectivity index is 1.78. The average molecular weight is 383 g/mol. The third-order valence-electron chi connectivity index (χ3n) is 3.77. The predicted molar refractivity (Wildman–Crippen MR) is 103 cm³/mol. The quantitative estimate of drug-likeness (QED) is 0.628. The van der Waals surface area contributed by atoms with E-state index in [0.717, 1.165) is 11.1 Å². The third-order valence-corrected chi connectivity index (χ3v) is 4.50. The molecular weight excluding hydrogens is 371 g/mol. The highest BCUT2D eigenvalue weighted by molar-refractivity contribution is 6.42. The molecule has 0 unspecified atom stereocenters. The van der Waals surface area contributed by atoms with Gasteiger partial charge in [0.05, 0.1) is 27.2 Å². The molecule has 3 rings (SSSR count). The van der Waals surface area contributed by atoms with Gasteiger partial charge in [0, 0.05) is 11.8 Å². The zero-order valence-corrected chi connectivity index (χ0v) is 14.8. The van der Waals surface area contributed by atoms with Crippen molar-refractivity contribution in [1.29, 1.82) is 5.26 Å². The number of rotatable bonds is 3. The van der Waals surface area contributed by atoms with Crippen molar-refractivity contribution in [2.45, 2.75) is 0 Å². The fraction of sp³-hybridized carbons (Fsp3) is 0. The SMILES string of the molecule is N#Cc1ccc(-c2ccc(NC(=O)c3cc(Cl)c(Cl)cc3O)cc2)cc1. The first-order valence-electron chi connectivity index (χ1n) is 7.58. The molecule has 0 aliphatic heterocycles. The summed E-state index contributed by atoms with van der Waals surface area (Å²) in [5.74, 6) is -0.738. The Kier molecular flexibility index (Phi) is 5.13. The largest absolute Gasteiger partial charge is 0.507 e. The maximum Gasteiger partial charge on any atom is 0.259 e. The Hall–Kier alpha value is -3.00. The fourth-order valence-corrected chi connectivity index (χ4v) is 2.72. The number of carbonyl (C=O) groups is 1. The van der Waals surface area contributed by atoms with Crippen LogP contribution in [0.1, 0.15) is 15.9 Å². The van der Waals surface area contributed by atoms with Gasteiger partial charge in [0.25, 0.3) is 5.91 Å². The van der Waals surface area contributed by atoms with E-state index in [1.165, 1.54) is 12.1 Å². The van der Waals surface area contributed by atoms with Gasteiger partial charge in [-0.2, -0.15) is 5.26 Å². The molecule has 0 heterocycles. The zero-order valence-electron chi connectivity index (χ0n) is 13.3. The van der Waals surface area contributed by atoms with Crippen molar-refractivity contribution in [3.05, 3.63) is 81.8 Å². The van der Waals surface area contributed by atoms with Crippen LogP contribution in [0.25, 0.3) is 11.1 Å². The van der Waals surface area contributed by atoms with E-state index in [2.05, 4.69) is 11.4 Å². The summed E-state index contributed by atoms with van der Waals surface area (Å²) in [6.45, 7) is 0. The van der Waals surface area contributed by atoms with E-state index in [1.807, 2.05) is 24.3 Å². The molecule has 0 aliphatic rings. The number of nitriles is 1. The molecule has 0 fully saturated rings. The number of hydrogen-bond acceptors (Lipinski definition) is 3. The van der Waals surface area contributed by atoms with Crippen molar-refractivity contribution in [3.63, 3.8) is 0 Å². The second-order valence-electron chi connectivity index (χ2n) is 5.50. The molecule has 0 aliphatic carbocycles. The normalized spacial score (nSPS) is 10.2. The zero-order chi connectivity index (χ0) is 18.7. The number of nitrogens with zero attached hydrogens (tertiary/aromatic N) is 1. The van der Waals surface area contributed by atoms with Gasteiger partial charge in [-0.1, -0.05) is 47.5 Å². The van der Waals surface area contributed by atoms with Crippen LogP contribution in [0.2, 0.25) is 10.0 Å². The molecule has 0 atom stereocenters. The number of aromatic hydroxyl groups is 1.